The first-order valence-corrected chi connectivity index (χ1v) is 11.5. The number of carbonyl (C=O) groups excluding carboxylic acids is 1. The minimum absolute atomic E-state index is 0.0298. The lowest BCUT2D eigenvalue weighted by Gasteiger charge is -2.22. The number of anilines is 1. The summed E-state index contributed by atoms with van der Waals surface area (Å²) in [4.78, 5) is 36.4. The molecule has 1 N–H and O–H groups in total. The SMILES string of the molecule is Cc1sc2nc(CSC(C)C(=O)N(C)c3cccc(C(C)C)c3)[nH]c(=O)c2c1C. The Hall–Kier alpha value is -2.12. The highest BCUT2D eigenvalue weighted by molar-refractivity contribution is 7.99. The second-order valence-corrected chi connectivity index (χ2v) is 10.1. The summed E-state index contributed by atoms with van der Waals surface area (Å²) in [6.45, 7) is 10.1. The number of aromatic amines is 1. The molecule has 0 aliphatic rings. The van der Waals surface area contributed by atoms with Gasteiger partial charge < -0.3 is 9.88 Å². The molecule has 0 bridgehead atoms. The van der Waals surface area contributed by atoms with Gasteiger partial charge in [0, 0.05) is 17.6 Å². The zero-order valence-corrected chi connectivity index (χ0v) is 19.3. The predicted molar refractivity (Wildman–Crippen MR) is 124 cm³/mol. The zero-order valence-electron chi connectivity index (χ0n) is 17.7. The molecule has 2 heterocycles. The smallest absolute Gasteiger partial charge is 0.259 e. The number of hydrogen-bond donors (Lipinski definition) is 1. The van der Waals surface area contributed by atoms with Crippen LogP contribution < -0.4 is 10.5 Å². The standard InChI is InChI=1S/C22H27N3O2S2/c1-12(2)16-8-7-9-17(10-16)25(6)22(27)15(5)28-11-18-23-20(26)19-13(3)14(4)29-21(19)24-18/h7-10,12,15H,11H2,1-6H3,(H,23,24,26). The van der Waals surface area contributed by atoms with Gasteiger partial charge >= 0.3 is 0 Å². The van der Waals surface area contributed by atoms with E-state index in [1.54, 1.807) is 4.90 Å². The first-order valence-electron chi connectivity index (χ1n) is 9.67. The van der Waals surface area contributed by atoms with Crippen LogP contribution in [0.3, 0.4) is 0 Å². The number of nitrogens with one attached hydrogen (secondary N) is 1. The van der Waals surface area contributed by atoms with E-state index in [4.69, 9.17) is 0 Å². The number of amides is 1. The first kappa shape index (κ1) is 21.6. The molecule has 29 heavy (non-hydrogen) atoms. The van der Waals surface area contributed by atoms with E-state index >= 15 is 0 Å². The maximum absolute atomic E-state index is 12.9. The molecule has 1 amide bonds. The summed E-state index contributed by atoms with van der Waals surface area (Å²) in [6.07, 6.45) is 0. The lowest BCUT2D eigenvalue weighted by molar-refractivity contribution is -0.117. The fourth-order valence-corrected chi connectivity index (χ4v) is 5.03. The molecule has 0 saturated carbocycles. The van der Waals surface area contributed by atoms with Crippen LogP contribution in [0, 0.1) is 13.8 Å². The minimum atomic E-state index is -0.254. The molecule has 0 radical (unpaired) electrons. The Kier molecular flexibility index (Phi) is 6.49. The number of thiophene rings is 1. The van der Waals surface area contributed by atoms with Crippen LogP contribution in [-0.2, 0) is 10.5 Å². The van der Waals surface area contributed by atoms with E-state index in [2.05, 4.69) is 35.9 Å². The zero-order chi connectivity index (χ0) is 21.3. The average Bonchev–Trinajstić information content (AvgIpc) is 2.99. The summed E-state index contributed by atoms with van der Waals surface area (Å²) >= 11 is 3.02. The van der Waals surface area contributed by atoms with E-state index in [0.717, 1.165) is 21.0 Å². The molecule has 0 aliphatic heterocycles. The van der Waals surface area contributed by atoms with Gasteiger partial charge in [-0.2, -0.15) is 0 Å². The van der Waals surface area contributed by atoms with Crippen molar-refractivity contribution in [2.24, 2.45) is 0 Å². The van der Waals surface area contributed by atoms with Gasteiger partial charge in [-0.1, -0.05) is 26.0 Å². The number of carbonyl (C=O) groups is 1. The number of thioether (sulfide) groups is 1. The Balaban J connectivity index is 1.71. The highest BCUT2D eigenvalue weighted by atomic mass is 32.2. The number of nitrogens with zero attached hydrogens (tertiary/aromatic N) is 2. The van der Waals surface area contributed by atoms with Crippen molar-refractivity contribution in [1.82, 2.24) is 9.97 Å². The van der Waals surface area contributed by atoms with Crippen molar-refractivity contribution in [3.63, 3.8) is 0 Å². The van der Waals surface area contributed by atoms with E-state index in [-0.39, 0.29) is 16.7 Å². The quantitative estimate of drug-likeness (QED) is 0.598. The topological polar surface area (TPSA) is 66.1 Å². The van der Waals surface area contributed by atoms with Crippen LogP contribution in [0.2, 0.25) is 0 Å². The minimum Gasteiger partial charge on any atom is -0.315 e. The lowest BCUT2D eigenvalue weighted by atomic mass is 10.0. The molecule has 1 atom stereocenters. The molecular weight excluding hydrogens is 402 g/mol. The van der Waals surface area contributed by atoms with E-state index in [0.29, 0.717) is 22.9 Å². The predicted octanol–water partition coefficient (Wildman–Crippen LogP) is 5.01. The molecule has 7 heteroatoms. The van der Waals surface area contributed by atoms with Gasteiger partial charge in [-0.25, -0.2) is 4.98 Å². The van der Waals surface area contributed by atoms with Crippen LogP contribution in [0.4, 0.5) is 5.69 Å². The number of benzene rings is 1. The summed E-state index contributed by atoms with van der Waals surface area (Å²) in [5.41, 5.74) is 2.99. The van der Waals surface area contributed by atoms with Gasteiger partial charge in [0.2, 0.25) is 5.91 Å². The van der Waals surface area contributed by atoms with Gasteiger partial charge in [-0.15, -0.1) is 23.1 Å². The van der Waals surface area contributed by atoms with E-state index in [1.165, 1.54) is 28.7 Å². The van der Waals surface area contributed by atoms with Crippen molar-refractivity contribution in [2.75, 3.05) is 11.9 Å². The molecule has 0 fully saturated rings. The molecule has 3 rings (SSSR count). The molecule has 1 aromatic carbocycles. The van der Waals surface area contributed by atoms with Gasteiger partial charge in [0.25, 0.3) is 5.56 Å². The second-order valence-electron chi connectivity index (χ2n) is 7.58. The Labute approximate surface area is 179 Å². The largest absolute Gasteiger partial charge is 0.315 e. The molecule has 3 aromatic rings. The van der Waals surface area contributed by atoms with Gasteiger partial charge in [-0.05, 0) is 49.9 Å². The number of H-pyrrole nitrogens is 1. The van der Waals surface area contributed by atoms with Gasteiger partial charge in [-0.3, -0.25) is 9.59 Å². The summed E-state index contributed by atoms with van der Waals surface area (Å²) in [6, 6.07) is 8.09. The van der Waals surface area contributed by atoms with Crippen LogP contribution in [0.25, 0.3) is 10.2 Å². The Morgan fingerprint density at radius 1 is 1.28 bits per heavy atom. The van der Waals surface area contributed by atoms with E-state index in [9.17, 15) is 9.59 Å². The summed E-state index contributed by atoms with van der Waals surface area (Å²) in [5.74, 6) is 1.53. The third kappa shape index (κ3) is 4.56. The van der Waals surface area contributed by atoms with E-state index in [1.807, 2.05) is 40.0 Å². The van der Waals surface area contributed by atoms with Crippen LogP contribution in [-0.4, -0.2) is 28.2 Å². The monoisotopic (exact) mass is 429 g/mol. The van der Waals surface area contributed by atoms with Crippen LogP contribution >= 0.6 is 23.1 Å². The Bertz CT molecular complexity index is 1100. The summed E-state index contributed by atoms with van der Waals surface area (Å²) in [5, 5.41) is 0.422. The normalized spacial score (nSPS) is 12.5. The molecule has 0 spiro atoms. The van der Waals surface area contributed by atoms with Crippen molar-refractivity contribution >= 4 is 44.9 Å². The highest BCUT2D eigenvalue weighted by Gasteiger charge is 2.20. The van der Waals surface area contributed by atoms with Crippen molar-refractivity contribution < 1.29 is 4.79 Å². The molecule has 0 saturated heterocycles. The van der Waals surface area contributed by atoms with Crippen molar-refractivity contribution in [1.29, 1.82) is 0 Å². The van der Waals surface area contributed by atoms with Crippen LogP contribution in [0.1, 0.15) is 48.5 Å². The average molecular weight is 430 g/mol. The lowest BCUT2D eigenvalue weighted by Crippen LogP contribution is -2.33. The number of aryl methyl sites for hydroxylation is 2. The highest BCUT2D eigenvalue weighted by Crippen LogP contribution is 2.27. The Morgan fingerprint density at radius 2 is 2.00 bits per heavy atom. The summed E-state index contributed by atoms with van der Waals surface area (Å²) in [7, 11) is 1.81. The number of rotatable bonds is 6. The fraction of sp³-hybridized carbons (Fsp3) is 0.409. The van der Waals surface area contributed by atoms with Gasteiger partial charge in [0.1, 0.15) is 10.7 Å². The summed E-state index contributed by atoms with van der Waals surface area (Å²) < 4.78 is 0. The number of hydrogen-bond acceptors (Lipinski definition) is 5. The van der Waals surface area contributed by atoms with Crippen molar-refractivity contribution in [3.8, 4) is 0 Å². The molecule has 154 valence electrons. The van der Waals surface area contributed by atoms with Crippen molar-refractivity contribution in [2.45, 2.75) is 51.5 Å². The first-order chi connectivity index (χ1) is 13.7. The fourth-order valence-electron chi connectivity index (χ4n) is 3.14. The molecule has 1 unspecified atom stereocenters. The van der Waals surface area contributed by atoms with Crippen molar-refractivity contribution in [3.05, 3.63) is 56.4 Å². The van der Waals surface area contributed by atoms with Crippen LogP contribution in [0.5, 0.6) is 0 Å². The van der Waals surface area contributed by atoms with Gasteiger partial charge in [0.15, 0.2) is 0 Å². The Morgan fingerprint density at radius 3 is 2.69 bits per heavy atom. The van der Waals surface area contributed by atoms with Crippen LogP contribution in [0.15, 0.2) is 29.1 Å². The molecule has 0 aliphatic carbocycles. The third-order valence-corrected chi connectivity index (χ3v) is 7.40. The third-order valence-electron chi connectivity index (χ3n) is 5.16. The number of fused-ring (bicyclic) bond motifs is 1. The molecule has 5 nitrogen and oxygen atoms in total. The second kappa shape index (κ2) is 8.71. The maximum atomic E-state index is 12.9. The van der Waals surface area contributed by atoms with Gasteiger partial charge in [0.05, 0.1) is 16.4 Å². The maximum Gasteiger partial charge on any atom is 0.259 e. The number of aromatic nitrogens is 2. The van der Waals surface area contributed by atoms with E-state index < -0.39 is 0 Å². The molecule has 2 aromatic heterocycles. The molecular formula is C22H27N3O2S2.